The van der Waals surface area contributed by atoms with Crippen molar-refractivity contribution < 1.29 is 9.47 Å². The predicted molar refractivity (Wildman–Crippen MR) is 86.6 cm³/mol. The molecule has 0 spiro atoms. The summed E-state index contributed by atoms with van der Waals surface area (Å²) in [5.74, 6) is 0. The molecular formula is C17H26N2O2. The van der Waals surface area contributed by atoms with E-state index in [1.807, 2.05) is 6.92 Å². The molecule has 0 aliphatic carbocycles. The zero-order valence-corrected chi connectivity index (χ0v) is 13.0. The van der Waals surface area contributed by atoms with Gasteiger partial charge in [-0.2, -0.15) is 0 Å². The molecule has 2 N–H and O–H groups in total. The lowest BCUT2D eigenvalue weighted by Crippen LogP contribution is -2.17. The number of aromatic nitrogens is 1. The fourth-order valence-electron chi connectivity index (χ4n) is 2.49. The van der Waals surface area contributed by atoms with Gasteiger partial charge in [0, 0.05) is 44.6 Å². The van der Waals surface area contributed by atoms with Crippen molar-refractivity contribution in [3.05, 3.63) is 36.0 Å². The molecule has 1 heterocycles. The van der Waals surface area contributed by atoms with Crippen LogP contribution in [0.15, 0.2) is 30.5 Å². The second-order valence-electron chi connectivity index (χ2n) is 5.54. The fraction of sp³-hybridized carbons (Fsp3) is 0.529. The maximum absolute atomic E-state index is 5.88. The Kier molecular flexibility index (Phi) is 6.23. The molecule has 116 valence electrons. The second kappa shape index (κ2) is 8.17. The summed E-state index contributed by atoms with van der Waals surface area (Å²) in [4.78, 5) is 0. The van der Waals surface area contributed by atoms with Crippen molar-refractivity contribution in [2.45, 2.75) is 32.4 Å². The first-order chi connectivity index (χ1) is 10.2. The molecule has 4 heteroatoms. The summed E-state index contributed by atoms with van der Waals surface area (Å²) in [5, 5.41) is 1.27. The van der Waals surface area contributed by atoms with Gasteiger partial charge in [-0.3, -0.25) is 0 Å². The van der Waals surface area contributed by atoms with E-state index in [-0.39, 0.29) is 6.04 Å². The number of ether oxygens (including phenoxy) is 2. The minimum absolute atomic E-state index is 0.190. The lowest BCUT2D eigenvalue weighted by atomic mass is 10.1. The number of hydrogen-bond donors (Lipinski definition) is 1. The number of rotatable bonds is 9. The van der Waals surface area contributed by atoms with E-state index in [0.29, 0.717) is 0 Å². The van der Waals surface area contributed by atoms with Gasteiger partial charge < -0.3 is 19.8 Å². The number of hydrogen-bond acceptors (Lipinski definition) is 3. The van der Waals surface area contributed by atoms with Crippen molar-refractivity contribution in [2.24, 2.45) is 5.73 Å². The van der Waals surface area contributed by atoms with Crippen LogP contribution >= 0.6 is 0 Å². The molecule has 0 amide bonds. The van der Waals surface area contributed by atoms with Gasteiger partial charge in [0.2, 0.25) is 0 Å². The highest BCUT2D eigenvalue weighted by molar-refractivity contribution is 5.80. The van der Waals surface area contributed by atoms with E-state index in [1.165, 1.54) is 16.5 Å². The third kappa shape index (κ3) is 4.84. The third-order valence-electron chi connectivity index (χ3n) is 3.51. The average Bonchev–Trinajstić information content (AvgIpc) is 2.85. The first-order valence-corrected chi connectivity index (χ1v) is 7.60. The number of fused-ring (bicyclic) bond motifs is 1. The van der Waals surface area contributed by atoms with Gasteiger partial charge in [-0.1, -0.05) is 12.1 Å². The van der Waals surface area contributed by atoms with Crippen molar-refractivity contribution in [2.75, 3.05) is 26.9 Å². The lowest BCUT2D eigenvalue weighted by Gasteiger charge is -2.09. The molecule has 0 fully saturated rings. The van der Waals surface area contributed by atoms with Crippen LogP contribution in [0.2, 0.25) is 0 Å². The van der Waals surface area contributed by atoms with Gasteiger partial charge in [0.05, 0.1) is 6.61 Å². The number of methoxy groups -OCH3 is 1. The van der Waals surface area contributed by atoms with Crippen molar-refractivity contribution in [1.29, 1.82) is 0 Å². The highest BCUT2D eigenvalue weighted by Crippen LogP contribution is 2.18. The van der Waals surface area contributed by atoms with Gasteiger partial charge in [0.1, 0.15) is 0 Å². The van der Waals surface area contributed by atoms with Crippen LogP contribution < -0.4 is 5.73 Å². The molecular weight excluding hydrogens is 264 g/mol. The van der Waals surface area contributed by atoms with Crippen molar-refractivity contribution in [3.63, 3.8) is 0 Å². The maximum Gasteiger partial charge on any atom is 0.0645 e. The number of nitrogens with two attached hydrogens (primary N) is 1. The first-order valence-electron chi connectivity index (χ1n) is 7.60. The van der Waals surface area contributed by atoms with Gasteiger partial charge >= 0.3 is 0 Å². The summed E-state index contributed by atoms with van der Waals surface area (Å²) in [6, 6.07) is 8.91. The quantitative estimate of drug-likeness (QED) is 0.722. The Morgan fingerprint density at radius 3 is 2.81 bits per heavy atom. The molecule has 0 radical (unpaired) electrons. The lowest BCUT2D eigenvalue weighted by molar-refractivity contribution is 0.0982. The maximum atomic E-state index is 5.88. The standard InChI is InChI=1S/C17H26N2O2/c1-14(18)12-15-4-5-16-6-7-19(17(16)13-15)8-11-21-10-3-9-20-2/h4-7,13-14H,3,8-12,18H2,1-2H3. The highest BCUT2D eigenvalue weighted by Gasteiger charge is 2.04. The van der Waals surface area contributed by atoms with Crippen LogP contribution in [0.4, 0.5) is 0 Å². The summed E-state index contributed by atoms with van der Waals surface area (Å²) in [5.41, 5.74) is 8.43. The minimum Gasteiger partial charge on any atom is -0.385 e. The van der Waals surface area contributed by atoms with Crippen LogP contribution in [0.1, 0.15) is 18.9 Å². The van der Waals surface area contributed by atoms with E-state index < -0.39 is 0 Å². The van der Waals surface area contributed by atoms with Gasteiger partial charge in [-0.05, 0) is 42.8 Å². The average molecular weight is 290 g/mol. The molecule has 2 rings (SSSR count). The largest absolute Gasteiger partial charge is 0.385 e. The van der Waals surface area contributed by atoms with Crippen LogP contribution in [0.3, 0.4) is 0 Å². The van der Waals surface area contributed by atoms with Gasteiger partial charge in [0.15, 0.2) is 0 Å². The van der Waals surface area contributed by atoms with Crippen molar-refractivity contribution >= 4 is 10.9 Å². The van der Waals surface area contributed by atoms with Crippen LogP contribution in [-0.4, -0.2) is 37.5 Å². The predicted octanol–water partition coefficient (Wildman–Crippen LogP) is 2.58. The summed E-state index contributed by atoms with van der Waals surface area (Å²) >= 11 is 0. The van der Waals surface area contributed by atoms with Gasteiger partial charge in [0.25, 0.3) is 0 Å². The Balaban J connectivity index is 1.93. The van der Waals surface area contributed by atoms with Crippen LogP contribution in [0, 0.1) is 0 Å². The zero-order valence-electron chi connectivity index (χ0n) is 13.0. The Hall–Kier alpha value is -1.36. The molecule has 2 aromatic rings. The smallest absolute Gasteiger partial charge is 0.0645 e. The first kappa shape index (κ1) is 16.0. The molecule has 0 aliphatic heterocycles. The van der Waals surface area contributed by atoms with Crippen LogP contribution in [0.5, 0.6) is 0 Å². The van der Waals surface area contributed by atoms with Crippen molar-refractivity contribution in [1.82, 2.24) is 4.57 Å². The molecule has 21 heavy (non-hydrogen) atoms. The van der Waals surface area contributed by atoms with E-state index in [0.717, 1.165) is 39.2 Å². The second-order valence-corrected chi connectivity index (χ2v) is 5.54. The monoisotopic (exact) mass is 290 g/mol. The van der Waals surface area contributed by atoms with E-state index >= 15 is 0 Å². The normalized spacial score (nSPS) is 12.9. The molecule has 1 aromatic heterocycles. The molecule has 1 unspecified atom stereocenters. The highest BCUT2D eigenvalue weighted by atomic mass is 16.5. The van der Waals surface area contributed by atoms with E-state index in [4.69, 9.17) is 15.2 Å². The van der Waals surface area contributed by atoms with Gasteiger partial charge in [-0.15, -0.1) is 0 Å². The molecule has 1 aromatic carbocycles. The topological polar surface area (TPSA) is 49.4 Å². The fourth-order valence-corrected chi connectivity index (χ4v) is 2.49. The molecule has 0 saturated carbocycles. The van der Waals surface area contributed by atoms with E-state index in [2.05, 4.69) is 35.0 Å². The Labute approximate surface area is 126 Å². The molecule has 0 aliphatic rings. The SMILES string of the molecule is COCCCOCCn1ccc2ccc(CC(C)N)cc21. The van der Waals surface area contributed by atoms with Crippen LogP contribution in [-0.2, 0) is 22.4 Å². The molecule has 0 bridgehead atoms. The summed E-state index contributed by atoms with van der Waals surface area (Å²) in [7, 11) is 1.71. The van der Waals surface area contributed by atoms with Gasteiger partial charge in [-0.25, -0.2) is 0 Å². The molecule has 4 nitrogen and oxygen atoms in total. The summed E-state index contributed by atoms with van der Waals surface area (Å²) in [6.07, 6.45) is 3.98. The molecule has 1 atom stereocenters. The van der Waals surface area contributed by atoms with Crippen LogP contribution in [0.25, 0.3) is 10.9 Å². The van der Waals surface area contributed by atoms with E-state index in [9.17, 15) is 0 Å². The summed E-state index contributed by atoms with van der Waals surface area (Å²) in [6.45, 7) is 5.15. The third-order valence-corrected chi connectivity index (χ3v) is 3.51. The number of nitrogens with zero attached hydrogens (tertiary/aromatic N) is 1. The Bertz CT molecular complexity index is 549. The Morgan fingerprint density at radius 1 is 1.19 bits per heavy atom. The zero-order chi connectivity index (χ0) is 15.1. The van der Waals surface area contributed by atoms with E-state index in [1.54, 1.807) is 7.11 Å². The van der Waals surface area contributed by atoms with Crippen molar-refractivity contribution in [3.8, 4) is 0 Å². The summed E-state index contributed by atoms with van der Waals surface area (Å²) < 4.78 is 12.9. The Morgan fingerprint density at radius 2 is 2.05 bits per heavy atom. The number of benzene rings is 1. The molecule has 0 saturated heterocycles. The minimum atomic E-state index is 0.190.